The molecule has 0 saturated carbocycles. The van der Waals surface area contributed by atoms with Gasteiger partial charge in [-0.3, -0.25) is 4.79 Å². The molecule has 1 aromatic heterocycles. The number of fused-ring (bicyclic) bond motifs is 1. The third-order valence-corrected chi connectivity index (χ3v) is 7.62. The maximum absolute atomic E-state index is 14.0. The third-order valence-electron chi connectivity index (χ3n) is 4.99. The Balaban J connectivity index is 1.70. The summed E-state index contributed by atoms with van der Waals surface area (Å²) in [6, 6.07) is 13.4. The first-order valence-electron chi connectivity index (χ1n) is 9.95. The molecular weight excluding hydrogens is 637 g/mol. The number of methoxy groups -OCH3 is 1. The Kier molecular flexibility index (Phi) is 7.49. The van der Waals surface area contributed by atoms with Gasteiger partial charge in [0.15, 0.2) is 11.5 Å². The Morgan fingerprint density at radius 2 is 1.88 bits per heavy atom. The first-order chi connectivity index (χ1) is 16.3. The van der Waals surface area contributed by atoms with Gasteiger partial charge < -0.3 is 9.47 Å². The molecular formula is C24H17Br3FN3O3. The van der Waals surface area contributed by atoms with E-state index in [0.717, 1.165) is 4.47 Å². The first-order valence-corrected chi connectivity index (χ1v) is 12.3. The second-order valence-corrected chi connectivity index (χ2v) is 9.69. The van der Waals surface area contributed by atoms with E-state index in [1.165, 1.54) is 24.1 Å². The molecule has 0 N–H and O–H groups in total. The summed E-state index contributed by atoms with van der Waals surface area (Å²) in [6.07, 6.45) is 1.53. The lowest BCUT2D eigenvalue weighted by molar-refractivity contribution is 0.277. The highest BCUT2D eigenvalue weighted by molar-refractivity contribution is 9.13. The molecule has 0 atom stereocenters. The summed E-state index contributed by atoms with van der Waals surface area (Å²) < 4.78 is 28.5. The van der Waals surface area contributed by atoms with Crippen LogP contribution in [0.2, 0.25) is 0 Å². The van der Waals surface area contributed by atoms with Crippen molar-refractivity contribution in [2.75, 3.05) is 7.11 Å². The predicted molar refractivity (Wildman–Crippen MR) is 141 cm³/mol. The number of rotatable bonds is 6. The van der Waals surface area contributed by atoms with Crippen molar-refractivity contribution in [1.82, 2.24) is 9.66 Å². The zero-order valence-electron chi connectivity index (χ0n) is 18.0. The molecule has 4 aromatic rings. The van der Waals surface area contributed by atoms with Crippen molar-refractivity contribution in [2.45, 2.75) is 13.5 Å². The highest BCUT2D eigenvalue weighted by Crippen LogP contribution is 2.42. The lowest BCUT2D eigenvalue weighted by Gasteiger charge is -2.15. The number of halogens is 4. The van der Waals surface area contributed by atoms with Crippen molar-refractivity contribution >= 4 is 64.9 Å². The fourth-order valence-corrected chi connectivity index (χ4v) is 4.56. The van der Waals surface area contributed by atoms with Gasteiger partial charge in [-0.05, 0) is 69.1 Å². The fourth-order valence-electron chi connectivity index (χ4n) is 3.27. The fraction of sp³-hybridized carbons (Fsp3) is 0.125. The van der Waals surface area contributed by atoms with Crippen LogP contribution in [0.15, 0.2) is 71.8 Å². The van der Waals surface area contributed by atoms with Gasteiger partial charge in [-0.1, -0.05) is 34.1 Å². The zero-order valence-corrected chi connectivity index (χ0v) is 22.7. The van der Waals surface area contributed by atoms with E-state index in [0.29, 0.717) is 48.3 Å². The monoisotopic (exact) mass is 651 g/mol. The molecule has 0 fully saturated rings. The molecule has 10 heteroatoms. The molecule has 3 aromatic carbocycles. The van der Waals surface area contributed by atoms with E-state index in [4.69, 9.17) is 9.47 Å². The summed E-state index contributed by atoms with van der Waals surface area (Å²) in [7, 11) is 1.51. The summed E-state index contributed by atoms with van der Waals surface area (Å²) >= 11 is 10.4. The maximum atomic E-state index is 14.0. The zero-order chi connectivity index (χ0) is 24.4. The van der Waals surface area contributed by atoms with Crippen LogP contribution in [0, 0.1) is 12.7 Å². The molecule has 0 aliphatic rings. The average Bonchev–Trinajstić information content (AvgIpc) is 2.82. The van der Waals surface area contributed by atoms with Gasteiger partial charge in [0, 0.05) is 20.1 Å². The molecule has 1 heterocycles. The van der Waals surface area contributed by atoms with Gasteiger partial charge in [-0.15, -0.1) is 0 Å². The standard InChI is InChI=1S/C24H17Br3FN3O3/c1-13-30-19-8-7-16(25)10-17(19)24(32)31(13)29-11-15-9-20(33-2)23(22(27)21(15)26)34-12-14-5-3-4-6-18(14)28/h3-11H,12H2,1-2H3. The highest BCUT2D eigenvalue weighted by Gasteiger charge is 2.17. The van der Waals surface area contributed by atoms with Crippen molar-refractivity contribution in [1.29, 1.82) is 0 Å². The van der Waals surface area contributed by atoms with Crippen LogP contribution in [-0.4, -0.2) is 23.0 Å². The van der Waals surface area contributed by atoms with Crippen molar-refractivity contribution < 1.29 is 13.9 Å². The molecule has 0 radical (unpaired) electrons. The Morgan fingerprint density at radius 3 is 2.62 bits per heavy atom. The molecule has 6 nitrogen and oxygen atoms in total. The van der Waals surface area contributed by atoms with Crippen LogP contribution in [0.4, 0.5) is 4.39 Å². The Labute approximate surface area is 219 Å². The number of hydrogen-bond donors (Lipinski definition) is 0. The summed E-state index contributed by atoms with van der Waals surface area (Å²) in [5.74, 6) is 0.915. The predicted octanol–water partition coefficient (Wildman–Crippen LogP) is 6.60. The quantitative estimate of drug-likeness (QED) is 0.220. The minimum absolute atomic E-state index is 0.0222. The summed E-state index contributed by atoms with van der Waals surface area (Å²) in [5, 5.41) is 4.82. The van der Waals surface area contributed by atoms with Crippen LogP contribution in [0.1, 0.15) is 17.0 Å². The first kappa shape index (κ1) is 24.6. The Morgan fingerprint density at radius 1 is 1.12 bits per heavy atom. The van der Waals surface area contributed by atoms with Crippen LogP contribution < -0.4 is 15.0 Å². The molecule has 0 bridgehead atoms. The topological polar surface area (TPSA) is 65.7 Å². The molecule has 4 rings (SSSR count). The maximum Gasteiger partial charge on any atom is 0.282 e. The number of ether oxygens (including phenoxy) is 2. The van der Waals surface area contributed by atoms with Gasteiger partial charge in [-0.25, -0.2) is 9.37 Å². The molecule has 0 unspecified atom stereocenters. The second-order valence-electron chi connectivity index (χ2n) is 7.19. The number of aromatic nitrogens is 2. The highest BCUT2D eigenvalue weighted by atomic mass is 79.9. The molecule has 0 aliphatic carbocycles. The van der Waals surface area contributed by atoms with E-state index in [9.17, 15) is 9.18 Å². The number of nitrogens with zero attached hydrogens (tertiary/aromatic N) is 3. The lowest BCUT2D eigenvalue weighted by atomic mass is 10.2. The van der Waals surface area contributed by atoms with Crippen LogP contribution in [0.3, 0.4) is 0 Å². The van der Waals surface area contributed by atoms with E-state index in [2.05, 4.69) is 57.9 Å². The van der Waals surface area contributed by atoms with Crippen molar-refractivity contribution in [3.8, 4) is 11.5 Å². The molecule has 0 spiro atoms. The molecule has 0 saturated heterocycles. The van der Waals surface area contributed by atoms with Gasteiger partial charge in [0.25, 0.3) is 5.56 Å². The van der Waals surface area contributed by atoms with E-state index in [1.54, 1.807) is 43.3 Å². The van der Waals surface area contributed by atoms with Gasteiger partial charge in [0.1, 0.15) is 18.2 Å². The van der Waals surface area contributed by atoms with Crippen molar-refractivity contribution in [3.63, 3.8) is 0 Å². The average molecular weight is 654 g/mol. The van der Waals surface area contributed by atoms with Gasteiger partial charge in [0.05, 0.1) is 28.7 Å². The van der Waals surface area contributed by atoms with Gasteiger partial charge in [0.2, 0.25) is 0 Å². The van der Waals surface area contributed by atoms with Crippen LogP contribution in [0.5, 0.6) is 11.5 Å². The van der Waals surface area contributed by atoms with Crippen molar-refractivity contribution in [3.05, 3.63) is 95.1 Å². The van der Waals surface area contributed by atoms with E-state index in [1.807, 2.05) is 6.07 Å². The van der Waals surface area contributed by atoms with Crippen LogP contribution in [-0.2, 0) is 6.61 Å². The summed E-state index contributed by atoms with van der Waals surface area (Å²) in [6.45, 7) is 1.74. The summed E-state index contributed by atoms with van der Waals surface area (Å²) in [5.41, 5.74) is 1.36. The molecule has 0 amide bonds. The largest absolute Gasteiger partial charge is 0.493 e. The number of aryl methyl sites for hydroxylation is 1. The molecule has 174 valence electrons. The van der Waals surface area contributed by atoms with E-state index < -0.39 is 0 Å². The van der Waals surface area contributed by atoms with Crippen LogP contribution >= 0.6 is 47.8 Å². The van der Waals surface area contributed by atoms with Gasteiger partial charge in [-0.2, -0.15) is 9.78 Å². The summed E-state index contributed by atoms with van der Waals surface area (Å²) in [4.78, 5) is 17.5. The molecule has 34 heavy (non-hydrogen) atoms. The minimum Gasteiger partial charge on any atom is -0.493 e. The van der Waals surface area contributed by atoms with Gasteiger partial charge >= 0.3 is 0 Å². The Bertz CT molecular complexity index is 1490. The minimum atomic E-state index is -0.350. The lowest BCUT2D eigenvalue weighted by Crippen LogP contribution is -2.20. The van der Waals surface area contributed by atoms with E-state index in [-0.39, 0.29) is 18.0 Å². The second kappa shape index (κ2) is 10.4. The SMILES string of the molecule is COc1cc(C=Nn2c(C)nc3ccc(Br)cc3c2=O)c(Br)c(Br)c1OCc1ccccc1F. The number of hydrogen-bond acceptors (Lipinski definition) is 5. The smallest absolute Gasteiger partial charge is 0.282 e. The van der Waals surface area contributed by atoms with E-state index >= 15 is 0 Å². The molecule has 0 aliphatic heterocycles. The van der Waals surface area contributed by atoms with Crippen molar-refractivity contribution in [2.24, 2.45) is 5.10 Å². The third kappa shape index (κ3) is 4.94. The number of benzene rings is 3. The van der Waals surface area contributed by atoms with Crippen LogP contribution in [0.25, 0.3) is 10.9 Å². The normalized spacial score (nSPS) is 11.4. The Hall–Kier alpha value is -2.56.